The number of hydrogen-bond acceptors (Lipinski definition) is 6. The van der Waals surface area contributed by atoms with Gasteiger partial charge in [0.15, 0.2) is 11.6 Å². The minimum absolute atomic E-state index is 0.309. The smallest absolute Gasteiger partial charge is 0.408 e. The fourth-order valence-electron chi connectivity index (χ4n) is 4.27. The summed E-state index contributed by atoms with van der Waals surface area (Å²) in [6, 6.07) is -1.48. The first kappa shape index (κ1) is 32.9. The average Bonchev–Trinajstić information content (AvgIpc) is 2.60. The Kier molecular flexibility index (Phi) is 11.5. The summed E-state index contributed by atoms with van der Waals surface area (Å²) in [5, 5.41) is 16.2. The van der Waals surface area contributed by atoms with Crippen LogP contribution in [-0.4, -0.2) is 60.5 Å². The Balaban J connectivity index is 6.18. The van der Waals surface area contributed by atoms with Gasteiger partial charge in [0.1, 0.15) is 25.8 Å². The van der Waals surface area contributed by atoms with Crippen LogP contribution in [0.15, 0.2) is 0 Å². The zero-order valence-electron chi connectivity index (χ0n) is 24.0. The first-order valence-electron chi connectivity index (χ1n) is 12.3. The maximum absolute atomic E-state index is 13.1. The minimum Gasteiger partial charge on any atom is -0.459 e. The molecule has 8 nitrogen and oxygen atoms in total. The highest BCUT2D eigenvalue weighted by Gasteiger charge is 2.44. The number of esters is 1. The number of alkyl carbamates (subject to hydrolysis) is 1. The van der Waals surface area contributed by atoms with Crippen molar-refractivity contribution in [1.29, 1.82) is 0 Å². The van der Waals surface area contributed by atoms with Gasteiger partial charge in [0.2, 0.25) is 5.91 Å². The second-order valence-corrected chi connectivity index (χ2v) is 17.8. The van der Waals surface area contributed by atoms with E-state index in [4.69, 9.17) is 9.47 Å². The number of carbonyl (C=O) groups is 3. The molecule has 0 aromatic rings. The Morgan fingerprint density at radius 1 is 0.829 bits per heavy atom. The third-order valence-corrected chi connectivity index (χ3v) is 12.0. The van der Waals surface area contributed by atoms with Gasteiger partial charge in [-0.25, -0.2) is 4.79 Å². The van der Waals surface area contributed by atoms with Gasteiger partial charge in [0, 0.05) is 0 Å². The average molecular weight is 513 g/mol. The minimum atomic E-state index is -2.23. The van der Waals surface area contributed by atoms with E-state index < -0.39 is 55.4 Å². The summed E-state index contributed by atoms with van der Waals surface area (Å²) >= 11 is 0. The third-order valence-electron chi connectivity index (χ3n) is 5.71. The van der Waals surface area contributed by atoms with Crippen LogP contribution in [0, 0.1) is 11.5 Å². The van der Waals surface area contributed by atoms with E-state index in [2.05, 4.69) is 63.6 Å². The fraction of sp³-hybridized carbons (Fsp3) is 0.808. The molecule has 3 N–H and O–H groups in total. The molecule has 0 aliphatic heterocycles. The molecule has 0 saturated heterocycles. The van der Waals surface area contributed by atoms with Gasteiger partial charge >= 0.3 is 12.1 Å². The monoisotopic (exact) mass is 512 g/mol. The molecular formula is C26H48N2O6Si. The van der Waals surface area contributed by atoms with Crippen LogP contribution in [0.5, 0.6) is 0 Å². The standard InChI is InChI=1S/C26H48N2O6Si/c1-17(2)35(18(3)4,19(5)6)15-14-26(13,32)21(28-23(31)34-25(10,11)12)22(30)27-16-20(29)33-24(7,8)9/h17-19,21,32H,16H2,1-13H3,(H,27,30)(H,28,31)/t21-,26-/m1/s1. The van der Waals surface area contributed by atoms with Gasteiger partial charge in [-0.1, -0.05) is 47.5 Å². The van der Waals surface area contributed by atoms with Crippen molar-refractivity contribution < 1.29 is 29.0 Å². The van der Waals surface area contributed by atoms with Gasteiger partial charge in [0.25, 0.3) is 0 Å². The van der Waals surface area contributed by atoms with Crippen LogP contribution in [0.25, 0.3) is 0 Å². The number of rotatable bonds is 8. The molecule has 202 valence electrons. The van der Waals surface area contributed by atoms with E-state index in [1.54, 1.807) is 41.5 Å². The molecule has 0 aliphatic rings. The van der Waals surface area contributed by atoms with Crippen LogP contribution in [-0.2, 0) is 19.1 Å². The second kappa shape index (κ2) is 12.3. The van der Waals surface area contributed by atoms with Gasteiger partial charge in [-0.05, 0) is 65.1 Å². The van der Waals surface area contributed by atoms with Crippen LogP contribution >= 0.6 is 0 Å². The quantitative estimate of drug-likeness (QED) is 0.254. The Bertz CT molecular complexity index is 789. The van der Waals surface area contributed by atoms with E-state index >= 15 is 0 Å². The number of nitrogens with one attached hydrogen (secondary N) is 2. The molecule has 2 amide bonds. The van der Waals surface area contributed by atoms with Crippen LogP contribution in [0.1, 0.15) is 90.0 Å². The predicted octanol–water partition coefficient (Wildman–Crippen LogP) is 4.31. The number of aliphatic hydroxyl groups is 1. The number of ether oxygens (including phenoxy) is 2. The zero-order valence-corrected chi connectivity index (χ0v) is 25.0. The van der Waals surface area contributed by atoms with Crippen molar-refractivity contribution in [2.24, 2.45) is 0 Å². The molecule has 0 spiro atoms. The highest BCUT2D eigenvalue weighted by Crippen LogP contribution is 2.40. The molecule has 9 heteroatoms. The van der Waals surface area contributed by atoms with Crippen molar-refractivity contribution in [3.8, 4) is 11.5 Å². The fourth-order valence-corrected chi connectivity index (χ4v) is 9.60. The van der Waals surface area contributed by atoms with Crippen LogP contribution in [0.4, 0.5) is 4.79 Å². The summed E-state index contributed by atoms with van der Waals surface area (Å²) < 4.78 is 10.5. The summed E-state index contributed by atoms with van der Waals surface area (Å²) in [6.07, 6.45) is -0.878. The maximum Gasteiger partial charge on any atom is 0.408 e. The van der Waals surface area contributed by atoms with Crippen molar-refractivity contribution in [2.45, 2.75) is 129 Å². The molecule has 0 unspecified atom stereocenters. The first-order chi connectivity index (χ1) is 15.5. The van der Waals surface area contributed by atoms with E-state index in [1.807, 2.05) is 0 Å². The molecule has 35 heavy (non-hydrogen) atoms. The van der Waals surface area contributed by atoms with Crippen molar-refractivity contribution >= 4 is 26.0 Å². The van der Waals surface area contributed by atoms with Gasteiger partial charge < -0.3 is 25.2 Å². The van der Waals surface area contributed by atoms with E-state index in [9.17, 15) is 19.5 Å². The van der Waals surface area contributed by atoms with E-state index in [0.717, 1.165) is 0 Å². The molecule has 0 heterocycles. The van der Waals surface area contributed by atoms with Crippen molar-refractivity contribution in [3.05, 3.63) is 0 Å². The lowest BCUT2D eigenvalue weighted by molar-refractivity contribution is -0.154. The summed E-state index contributed by atoms with van der Waals surface area (Å²) in [5.74, 6) is 1.53. The van der Waals surface area contributed by atoms with Gasteiger partial charge in [-0.15, -0.1) is 5.54 Å². The van der Waals surface area contributed by atoms with Gasteiger partial charge in [-0.3, -0.25) is 9.59 Å². The van der Waals surface area contributed by atoms with Crippen molar-refractivity contribution in [2.75, 3.05) is 6.54 Å². The summed E-state index contributed by atoms with van der Waals surface area (Å²) in [5.41, 5.74) is 0.875. The summed E-state index contributed by atoms with van der Waals surface area (Å²) in [6.45, 7) is 24.0. The number of hydrogen-bond donors (Lipinski definition) is 3. The predicted molar refractivity (Wildman–Crippen MR) is 141 cm³/mol. The molecule has 2 atom stereocenters. The van der Waals surface area contributed by atoms with E-state index in [0.29, 0.717) is 16.6 Å². The number of carbonyl (C=O) groups excluding carboxylic acids is 3. The zero-order chi connectivity index (χ0) is 28.0. The summed E-state index contributed by atoms with van der Waals surface area (Å²) in [7, 11) is -2.23. The first-order valence-corrected chi connectivity index (χ1v) is 14.5. The lowest BCUT2D eigenvalue weighted by Gasteiger charge is -2.38. The molecule has 0 saturated carbocycles. The molecule has 0 rings (SSSR count). The van der Waals surface area contributed by atoms with Crippen LogP contribution < -0.4 is 10.6 Å². The largest absolute Gasteiger partial charge is 0.459 e. The lowest BCUT2D eigenvalue weighted by Crippen LogP contribution is -2.60. The number of amides is 2. The van der Waals surface area contributed by atoms with E-state index in [-0.39, 0.29) is 0 Å². The Morgan fingerprint density at radius 3 is 1.63 bits per heavy atom. The third kappa shape index (κ3) is 10.6. The highest BCUT2D eigenvalue weighted by molar-refractivity contribution is 6.90. The SMILES string of the molecule is CC(C)[Si](C#C[C@@](C)(O)[C@H](NC(=O)OC(C)(C)C)C(=O)NCC(=O)OC(C)(C)C)(C(C)C)C(C)C. The topological polar surface area (TPSA) is 114 Å². The molecule has 0 fully saturated rings. The van der Waals surface area contributed by atoms with E-state index in [1.165, 1.54) is 6.92 Å². The molecule has 0 aromatic carbocycles. The lowest BCUT2D eigenvalue weighted by atomic mass is 9.96. The van der Waals surface area contributed by atoms with Crippen LogP contribution in [0.3, 0.4) is 0 Å². The molecule has 0 aliphatic carbocycles. The van der Waals surface area contributed by atoms with Gasteiger partial charge in [0.05, 0.1) is 0 Å². The molecular weight excluding hydrogens is 464 g/mol. The Hall–Kier alpha value is -2.05. The van der Waals surface area contributed by atoms with Crippen LogP contribution in [0.2, 0.25) is 16.6 Å². The molecule has 0 radical (unpaired) electrons. The summed E-state index contributed by atoms with van der Waals surface area (Å²) in [4.78, 5) is 37.7. The van der Waals surface area contributed by atoms with Crippen molar-refractivity contribution in [3.63, 3.8) is 0 Å². The maximum atomic E-state index is 13.1. The van der Waals surface area contributed by atoms with Gasteiger partial charge in [-0.2, -0.15) is 0 Å². The Labute approximate surface area is 213 Å². The molecule has 0 aromatic heterocycles. The second-order valence-electron chi connectivity index (χ2n) is 12.2. The highest BCUT2D eigenvalue weighted by atomic mass is 28.3. The Morgan fingerprint density at radius 2 is 1.26 bits per heavy atom. The molecule has 0 bridgehead atoms. The van der Waals surface area contributed by atoms with Crippen molar-refractivity contribution in [1.82, 2.24) is 10.6 Å². The normalized spacial score (nSPS) is 15.1.